The minimum Gasteiger partial charge on any atom is -0.387 e. The molecule has 13 heavy (non-hydrogen) atoms. The highest BCUT2D eigenvalue weighted by Gasteiger charge is 2.26. The number of hydrogen-bond acceptors (Lipinski definition) is 3. The van der Waals surface area contributed by atoms with E-state index in [0.29, 0.717) is 13.1 Å². The Morgan fingerprint density at radius 2 is 2.46 bits per heavy atom. The molecule has 0 aliphatic carbocycles. The van der Waals surface area contributed by atoms with Crippen LogP contribution < -0.4 is 5.32 Å². The number of nitrogens with zero attached hydrogens (tertiary/aromatic N) is 1. The summed E-state index contributed by atoms with van der Waals surface area (Å²) < 4.78 is 0. The van der Waals surface area contributed by atoms with E-state index in [1.807, 2.05) is 0 Å². The van der Waals surface area contributed by atoms with Gasteiger partial charge >= 0.3 is 0 Å². The van der Waals surface area contributed by atoms with Gasteiger partial charge in [-0.3, -0.25) is 9.59 Å². The van der Waals surface area contributed by atoms with Gasteiger partial charge in [-0.05, 0) is 13.3 Å². The van der Waals surface area contributed by atoms with Crippen molar-refractivity contribution in [1.29, 1.82) is 0 Å². The summed E-state index contributed by atoms with van der Waals surface area (Å²) in [4.78, 5) is 23.8. The molecule has 1 unspecified atom stereocenters. The molecular formula is C8H14N2O3. The number of amides is 2. The molecule has 1 fully saturated rings. The first-order valence-electron chi connectivity index (χ1n) is 4.35. The lowest BCUT2D eigenvalue weighted by atomic mass is 10.2. The number of aliphatic hydroxyl groups excluding tert-OH is 1. The second-order valence-electron chi connectivity index (χ2n) is 3.07. The summed E-state index contributed by atoms with van der Waals surface area (Å²) in [5.41, 5.74) is 0. The van der Waals surface area contributed by atoms with Crippen molar-refractivity contribution in [2.75, 3.05) is 19.7 Å². The van der Waals surface area contributed by atoms with Gasteiger partial charge in [0.05, 0.1) is 0 Å². The second-order valence-corrected chi connectivity index (χ2v) is 3.07. The van der Waals surface area contributed by atoms with Crippen molar-refractivity contribution in [2.24, 2.45) is 0 Å². The number of nitrogens with one attached hydrogen (secondary N) is 1. The van der Waals surface area contributed by atoms with E-state index >= 15 is 0 Å². The summed E-state index contributed by atoms with van der Waals surface area (Å²) >= 11 is 0. The summed E-state index contributed by atoms with van der Waals surface area (Å²) in [5, 5.41) is 11.3. The molecule has 1 saturated heterocycles. The lowest BCUT2D eigenvalue weighted by Crippen LogP contribution is -2.46. The van der Waals surface area contributed by atoms with Gasteiger partial charge in [-0.25, -0.2) is 0 Å². The molecule has 1 aliphatic rings. The molecule has 2 amide bonds. The van der Waals surface area contributed by atoms with Crippen LogP contribution in [0.4, 0.5) is 0 Å². The van der Waals surface area contributed by atoms with Gasteiger partial charge in [-0.1, -0.05) is 0 Å². The molecule has 1 rings (SSSR count). The van der Waals surface area contributed by atoms with Crippen LogP contribution in [0.2, 0.25) is 0 Å². The zero-order valence-corrected chi connectivity index (χ0v) is 7.62. The molecule has 0 aromatic carbocycles. The third kappa shape index (κ3) is 2.18. The maximum Gasteiger partial charge on any atom is 0.248 e. The summed E-state index contributed by atoms with van der Waals surface area (Å²) in [6, 6.07) is -0.470. The predicted molar refractivity (Wildman–Crippen MR) is 45.9 cm³/mol. The highest BCUT2D eigenvalue weighted by Crippen LogP contribution is 2.04. The molecule has 5 nitrogen and oxygen atoms in total. The van der Waals surface area contributed by atoms with Crippen molar-refractivity contribution in [1.82, 2.24) is 10.2 Å². The molecule has 1 atom stereocenters. The highest BCUT2D eigenvalue weighted by atomic mass is 16.3. The zero-order valence-electron chi connectivity index (χ0n) is 7.62. The Bertz CT molecular complexity index is 217. The SMILES string of the molecule is CC1C(=O)NCCCN1C(=O)CO. The Morgan fingerprint density at radius 3 is 3.08 bits per heavy atom. The van der Waals surface area contributed by atoms with Gasteiger partial charge in [-0.2, -0.15) is 0 Å². The van der Waals surface area contributed by atoms with Gasteiger partial charge < -0.3 is 15.3 Å². The van der Waals surface area contributed by atoms with Crippen molar-refractivity contribution < 1.29 is 14.7 Å². The monoisotopic (exact) mass is 186 g/mol. The van der Waals surface area contributed by atoms with Gasteiger partial charge in [0.2, 0.25) is 11.8 Å². The molecule has 1 heterocycles. The van der Waals surface area contributed by atoms with Crippen LogP contribution in [-0.2, 0) is 9.59 Å². The molecule has 1 aliphatic heterocycles. The quantitative estimate of drug-likeness (QED) is 0.535. The van der Waals surface area contributed by atoms with Crippen molar-refractivity contribution in [2.45, 2.75) is 19.4 Å². The fraction of sp³-hybridized carbons (Fsp3) is 0.750. The molecule has 5 heteroatoms. The average Bonchev–Trinajstić information content (AvgIpc) is 2.29. The van der Waals surface area contributed by atoms with Crippen LogP contribution in [0.1, 0.15) is 13.3 Å². The maximum absolute atomic E-state index is 11.3. The van der Waals surface area contributed by atoms with E-state index in [9.17, 15) is 9.59 Å². The fourth-order valence-corrected chi connectivity index (χ4v) is 1.38. The normalized spacial score (nSPS) is 23.7. The Morgan fingerprint density at radius 1 is 1.77 bits per heavy atom. The Balaban J connectivity index is 2.69. The van der Waals surface area contributed by atoms with Gasteiger partial charge in [0.15, 0.2) is 0 Å². The molecule has 0 spiro atoms. The lowest BCUT2D eigenvalue weighted by Gasteiger charge is -2.24. The number of carbonyl (C=O) groups is 2. The van der Waals surface area contributed by atoms with Crippen LogP contribution in [0.3, 0.4) is 0 Å². The minimum atomic E-state index is -0.530. The van der Waals surface area contributed by atoms with Crippen molar-refractivity contribution in [3.05, 3.63) is 0 Å². The minimum absolute atomic E-state index is 0.153. The number of carbonyl (C=O) groups excluding carboxylic acids is 2. The van der Waals surface area contributed by atoms with Gasteiger partial charge in [-0.15, -0.1) is 0 Å². The van der Waals surface area contributed by atoms with E-state index in [2.05, 4.69) is 5.32 Å². The fourth-order valence-electron chi connectivity index (χ4n) is 1.38. The van der Waals surface area contributed by atoms with Crippen LogP contribution in [0.15, 0.2) is 0 Å². The molecule has 0 aromatic heterocycles. The van der Waals surface area contributed by atoms with Crippen LogP contribution >= 0.6 is 0 Å². The topological polar surface area (TPSA) is 69.6 Å². The Kier molecular flexibility index (Phi) is 3.25. The molecule has 74 valence electrons. The largest absolute Gasteiger partial charge is 0.387 e. The van der Waals surface area contributed by atoms with E-state index in [1.165, 1.54) is 4.90 Å². The summed E-state index contributed by atoms with van der Waals surface area (Å²) in [7, 11) is 0. The first-order chi connectivity index (χ1) is 6.16. The summed E-state index contributed by atoms with van der Waals surface area (Å²) in [5.74, 6) is -0.538. The van der Waals surface area contributed by atoms with Gasteiger partial charge in [0.1, 0.15) is 12.6 Å². The first kappa shape index (κ1) is 9.98. The average molecular weight is 186 g/mol. The summed E-state index contributed by atoms with van der Waals surface area (Å²) in [6.07, 6.45) is 0.738. The standard InChI is InChI=1S/C8H14N2O3/c1-6-8(13)9-3-2-4-10(6)7(12)5-11/h6,11H,2-5H2,1H3,(H,9,13). The van der Waals surface area contributed by atoms with Crippen LogP contribution in [0.5, 0.6) is 0 Å². The van der Waals surface area contributed by atoms with E-state index in [0.717, 1.165) is 6.42 Å². The van der Waals surface area contributed by atoms with Crippen LogP contribution in [0.25, 0.3) is 0 Å². The molecule has 0 radical (unpaired) electrons. The van der Waals surface area contributed by atoms with E-state index in [4.69, 9.17) is 5.11 Å². The number of rotatable bonds is 1. The maximum atomic E-state index is 11.3. The first-order valence-corrected chi connectivity index (χ1v) is 4.35. The van der Waals surface area contributed by atoms with E-state index < -0.39 is 12.6 Å². The molecule has 0 saturated carbocycles. The summed E-state index contributed by atoms with van der Waals surface area (Å²) in [6.45, 7) is 2.25. The smallest absolute Gasteiger partial charge is 0.248 e. The van der Waals surface area contributed by atoms with E-state index in [1.54, 1.807) is 6.92 Å². The van der Waals surface area contributed by atoms with Crippen molar-refractivity contribution >= 4 is 11.8 Å². The molecule has 2 N–H and O–H groups in total. The highest BCUT2D eigenvalue weighted by molar-refractivity contribution is 5.88. The van der Waals surface area contributed by atoms with Gasteiger partial charge in [0.25, 0.3) is 0 Å². The number of aliphatic hydroxyl groups is 1. The predicted octanol–water partition coefficient (Wildman–Crippen LogP) is -1.28. The zero-order chi connectivity index (χ0) is 9.84. The Labute approximate surface area is 76.7 Å². The molecule has 0 bridgehead atoms. The van der Waals surface area contributed by atoms with Gasteiger partial charge in [0, 0.05) is 13.1 Å². The molecule has 0 aromatic rings. The third-order valence-electron chi connectivity index (χ3n) is 2.18. The van der Waals surface area contributed by atoms with Crippen molar-refractivity contribution in [3.8, 4) is 0 Å². The number of hydrogen-bond donors (Lipinski definition) is 2. The third-order valence-corrected chi connectivity index (χ3v) is 2.18. The lowest BCUT2D eigenvalue weighted by molar-refractivity contribution is -0.141. The molecular weight excluding hydrogens is 172 g/mol. The van der Waals surface area contributed by atoms with Crippen LogP contribution in [0, 0.1) is 0 Å². The van der Waals surface area contributed by atoms with Crippen molar-refractivity contribution in [3.63, 3.8) is 0 Å². The van der Waals surface area contributed by atoms with E-state index in [-0.39, 0.29) is 11.8 Å². The Hall–Kier alpha value is -1.10. The second kappa shape index (κ2) is 4.23. The van der Waals surface area contributed by atoms with Crippen LogP contribution in [-0.4, -0.2) is 47.6 Å².